The minimum Gasteiger partial charge on any atom is -0.361 e. The van der Waals surface area contributed by atoms with Crippen LogP contribution in [0.1, 0.15) is 0 Å². The molecule has 0 atom stereocenters. The average Bonchev–Trinajstić information content (AvgIpc) is 2.76. The van der Waals surface area contributed by atoms with Crippen LogP contribution in [0.15, 0.2) is 53.1 Å². The van der Waals surface area contributed by atoms with Gasteiger partial charge in [0.2, 0.25) is 0 Å². The number of fused-ring (bicyclic) bond motifs is 1. The Kier molecular flexibility index (Phi) is 2.69. The van der Waals surface area contributed by atoms with Crippen LogP contribution >= 0.6 is 27.5 Å². The van der Waals surface area contributed by atoms with E-state index in [1.54, 1.807) is 0 Å². The van der Waals surface area contributed by atoms with Crippen LogP contribution in [0.5, 0.6) is 0 Å². The third-order valence-electron chi connectivity index (χ3n) is 2.80. The van der Waals surface area contributed by atoms with Crippen molar-refractivity contribution in [3.8, 4) is 11.1 Å². The maximum Gasteiger partial charge on any atom is 0.0505 e. The first-order valence-electron chi connectivity index (χ1n) is 5.27. The second-order valence-corrected chi connectivity index (χ2v) is 5.14. The Morgan fingerprint density at radius 1 is 1.00 bits per heavy atom. The van der Waals surface area contributed by atoms with Gasteiger partial charge < -0.3 is 4.98 Å². The van der Waals surface area contributed by atoms with Gasteiger partial charge in [-0.25, -0.2) is 0 Å². The van der Waals surface area contributed by atoms with Gasteiger partial charge in [0, 0.05) is 27.1 Å². The lowest BCUT2D eigenvalue weighted by molar-refractivity contribution is 1.48. The molecule has 0 bridgehead atoms. The van der Waals surface area contributed by atoms with Gasteiger partial charge in [-0.3, -0.25) is 0 Å². The highest BCUT2D eigenvalue weighted by molar-refractivity contribution is 9.10. The smallest absolute Gasteiger partial charge is 0.0505 e. The largest absolute Gasteiger partial charge is 0.361 e. The molecule has 0 aliphatic carbocycles. The van der Waals surface area contributed by atoms with Crippen LogP contribution in [0, 0.1) is 0 Å². The summed E-state index contributed by atoms with van der Waals surface area (Å²) in [5.41, 5.74) is 3.22. The summed E-state index contributed by atoms with van der Waals surface area (Å²) in [7, 11) is 0. The maximum absolute atomic E-state index is 6.33. The highest BCUT2D eigenvalue weighted by Gasteiger charge is 2.08. The molecular formula is C14H9BrClN. The second kappa shape index (κ2) is 4.21. The van der Waals surface area contributed by atoms with Crippen LogP contribution in [-0.2, 0) is 0 Å². The third-order valence-corrected chi connectivity index (χ3v) is 3.81. The molecule has 0 aliphatic heterocycles. The van der Waals surface area contributed by atoms with Crippen molar-refractivity contribution in [3.05, 3.63) is 58.2 Å². The zero-order chi connectivity index (χ0) is 11.8. The van der Waals surface area contributed by atoms with E-state index in [9.17, 15) is 0 Å². The van der Waals surface area contributed by atoms with E-state index in [4.69, 9.17) is 11.6 Å². The molecule has 3 aromatic rings. The Bertz CT molecular complexity index is 688. The normalized spacial score (nSPS) is 10.9. The average molecular weight is 307 g/mol. The number of aromatic amines is 1. The number of hydrogen-bond donors (Lipinski definition) is 1. The highest BCUT2D eigenvalue weighted by Crippen LogP contribution is 2.35. The molecule has 0 spiro atoms. The van der Waals surface area contributed by atoms with Gasteiger partial charge in [-0.1, -0.05) is 45.7 Å². The molecule has 1 aromatic heterocycles. The molecule has 84 valence electrons. The van der Waals surface area contributed by atoms with Crippen molar-refractivity contribution in [2.24, 2.45) is 0 Å². The lowest BCUT2D eigenvalue weighted by Crippen LogP contribution is -1.82. The Labute approximate surface area is 113 Å². The maximum atomic E-state index is 6.33. The van der Waals surface area contributed by atoms with Crippen molar-refractivity contribution in [3.63, 3.8) is 0 Å². The van der Waals surface area contributed by atoms with Gasteiger partial charge in [0.1, 0.15) is 0 Å². The minimum absolute atomic E-state index is 0.756. The van der Waals surface area contributed by atoms with Crippen LogP contribution < -0.4 is 0 Å². The number of halogens is 2. The fraction of sp³-hybridized carbons (Fsp3) is 0. The van der Waals surface area contributed by atoms with E-state index in [2.05, 4.69) is 33.0 Å². The standard InChI is InChI=1S/C14H9BrClN/c15-12-4-2-1-3-10(12)11-7-9-5-6-17-14(9)8-13(11)16/h1-8,17H. The van der Waals surface area contributed by atoms with Gasteiger partial charge in [-0.05, 0) is 29.8 Å². The first kappa shape index (κ1) is 10.9. The lowest BCUT2D eigenvalue weighted by Gasteiger charge is -2.07. The van der Waals surface area contributed by atoms with Crippen molar-refractivity contribution < 1.29 is 0 Å². The number of benzene rings is 2. The lowest BCUT2D eigenvalue weighted by atomic mass is 10.0. The van der Waals surface area contributed by atoms with E-state index in [1.165, 1.54) is 5.39 Å². The monoisotopic (exact) mass is 305 g/mol. The summed E-state index contributed by atoms with van der Waals surface area (Å²) < 4.78 is 1.05. The van der Waals surface area contributed by atoms with Crippen molar-refractivity contribution in [1.29, 1.82) is 0 Å². The van der Waals surface area contributed by atoms with Gasteiger partial charge >= 0.3 is 0 Å². The summed E-state index contributed by atoms with van der Waals surface area (Å²) in [5, 5.41) is 1.92. The van der Waals surface area contributed by atoms with Crippen LogP contribution in [0.25, 0.3) is 22.0 Å². The number of H-pyrrole nitrogens is 1. The molecule has 2 aromatic carbocycles. The first-order valence-corrected chi connectivity index (χ1v) is 6.44. The zero-order valence-corrected chi connectivity index (χ0v) is 11.2. The van der Waals surface area contributed by atoms with Crippen molar-refractivity contribution in [2.75, 3.05) is 0 Å². The Morgan fingerprint density at radius 3 is 2.65 bits per heavy atom. The van der Waals surface area contributed by atoms with Crippen LogP contribution in [0.3, 0.4) is 0 Å². The van der Waals surface area contributed by atoms with E-state index < -0.39 is 0 Å². The number of nitrogens with one attached hydrogen (secondary N) is 1. The zero-order valence-electron chi connectivity index (χ0n) is 8.87. The molecule has 0 radical (unpaired) electrons. The van der Waals surface area contributed by atoms with Crippen molar-refractivity contribution in [1.82, 2.24) is 4.98 Å². The van der Waals surface area contributed by atoms with Crippen LogP contribution in [-0.4, -0.2) is 4.98 Å². The molecule has 1 heterocycles. The molecule has 0 aliphatic rings. The van der Waals surface area contributed by atoms with Crippen molar-refractivity contribution in [2.45, 2.75) is 0 Å². The van der Waals surface area contributed by atoms with E-state index in [0.717, 1.165) is 26.1 Å². The molecule has 0 unspecified atom stereocenters. The van der Waals surface area contributed by atoms with Gasteiger partial charge in [-0.2, -0.15) is 0 Å². The van der Waals surface area contributed by atoms with E-state index in [1.807, 2.05) is 36.5 Å². The van der Waals surface area contributed by atoms with Gasteiger partial charge in [0.25, 0.3) is 0 Å². The fourth-order valence-corrected chi connectivity index (χ4v) is 2.72. The molecule has 3 rings (SSSR count). The SMILES string of the molecule is Clc1cc2[nH]ccc2cc1-c1ccccc1Br. The van der Waals surface area contributed by atoms with Gasteiger partial charge in [0.05, 0.1) is 5.02 Å². The molecule has 0 amide bonds. The van der Waals surface area contributed by atoms with E-state index in [-0.39, 0.29) is 0 Å². The molecule has 0 saturated carbocycles. The summed E-state index contributed by atoms with van der Waals surface area (Å²) in [4.78, 5) is 3.16. The van der Waals surface area contributed by atoms with Crippen molar-refractivity contribution >= 4 is 38.4 Å². The molecule has 3 heteroatoms. The van der Waals surface area contributed by atoms with Gasteiger partial charge in [0.15, 0.2) is 0 Å². The third kappa shape index (κ3) is 1.88. The topological polar surface area (TPSA) is 15.8 Å². The Hall–Kier alpha value is -1.25. The van der Waals surface area contributed by atoms with Crippen LogP contribution in [0.2, 0.25) is 5.02 Å². The van der Waals surface area contributed by atoms with E-state index in [0.29, 0.717) is 0 Å². The number of aromatic nitrogens is 1. The van der Waals surface area contributed by atoms with E-state index >= 15 is 0 Å². The molecule has 0 fully saturated rings. The number of hydrogen-bond acceptors (Lipinski definition) is 0. The fourth-order valence-electron chi connectivity index (χ4n) is 1.96. The molecular weight excluding hydrogens is 298 g/mol. The summed E-state index contributed by atoms with van der Waals surface area (Å²) >= 11 is 9.88. The molecule has 17 heavy (non-hydrogen) atoms. The quantitative estimate of drug-likeness (QED) is 0.632. The molecule has 1 nitrogen and oxygen atoms in total. The first-order chi connectivity index (χ1) is 8.25. The van der Waals surface area contributed by atoms with Gasteiger partial charge in [-0.15, -0.1) is 0 Å². The number of rotatable bonds is 1. The predicted molar refractivity (Wildman–Crippen MR) is 76.4 cm³/mol. The minimum atomic E-state index is 0.756. The predicted octanol–water partition coefficient (Wildman–Crippen LogP) is 5.25. The highest BCUT2D eigenvalue weighted by atomic mass is 79.9. The summed E-state index contributed by atoms with van der Waals surface area (Å²) in [5.74, 6) is 0. The van der Waals surface area contributed by atoms with Crippen LogP contribution in [0.4, 0.5) is 0 Å². The second-order valence-electron chi connectivity index (χ2n) is 3.88. The summed E-state index contributed by atoms with van der Waals surface area (Å²) in [6, 6.07) is 14.2. The molecule has 1 N–H and O–H groups in total. The summed E-state index contributed by atoms with van der Waals surface area (Å²) in [6.45, 7) is 0. The Balaban J connectivity index is 2.30. The Morgan fingerprint density at radius 2 is 1.82 bits per heavy atom. The molecule has 0 saturated heterocycles. The summed E-state index contributed by atoms with van der Waals surface area (Å²) in [6.07, 6.45) is 1.92.